The molecule has 3 N–H and O–H groups in total. The van der Waals surface area contributed by atoms with Gasteiger partial charge in [0.15, 0.2) is 0 Å². The molecule has 10 nitrogen and oxygen atoms in total. The zero-order chi connectivity index (χ0) is 17.1. The molecule has 4 atom stereocenters. The van der Waals surface area contributed by atoms with Crippen molar-refractivity contribution in [2.75, 3.05) is 6.61 Å². The van der Waals surface area contributed by atoms with Crippen LogP contribution in [0.1, 0.15) is 24.3 Å². The van der Waals surface area contributed by atoms with E-state index in [1.54, 1.807) is 0 Å². The fourth-order valence-corrected chi connectivity index (χ4v) is 3.06. The third-order valence-corrected chi connectivity index (χ3v) is 4.42. The first kappa shape index (κ1) is 18.2. The lowest BCUT2D eigenvalue weighted by atomic mass is 10.1. The highest BCUT2D eigenvalue weighted by Gasteiger charge is 2.35. The Morgan fingerprint density at radius 2 is 2.26 bits per heavy atom. The van der Waals surface area contributed by atoms with Crippen molar-refractivity contribution in [3.8, 4) is 0 Å². The second-order valence-corrected chi connectivity index (χ2v) is 8.05. The van der Waals surface area contributed by atoms with E-state index < -0.39 is 46.1 Å². The van der Waals surface area contributed by atoms with Crippen LogP contribution in [0.5, 0.6) is 0 Å². The molecule has 126 valence electrons. The van der Waals surface area contributed by atoms with Crippen LogP contribution in [0.25, 0.3) is 10.4 Å². The minimum absolute atomic E-state index is 0.0479. The molecule has 23 heavy (non-hydrogen) atoms. The number of nitrogens with one attached hydrogen (secondary N) is 1. The Bertz CT molecular complexity index is 728. The van der Waals surface area contributed by atoms with E-state index in [1.807, 2.05) is 0 Å². The van der Waals surface area contributed by atoms with E-state index in [0.29, 0.717) is 0 Å². The summed E-state index contributed by atoms with van der Waals surface area (Å²) in [6.07, 6.45) is -1.28. The van der Waals surface area contributed by atoms with E-state index in [0.717, 1.165) is 4.57 Å². The summed E-state index contributed by atoms with van der Waals surface area (Å²) in [7, 11) is 0. The third-order valence-electron chi connectivity index (χ3n) is 3.42. The Morgan fingerprint density at radius 3 is 2.78 bits per heavy atom. The molecule has 0 bridgehead atoms. The molecule has 0 radical (unpaired) electrons. The number of nitrogens with zero attached hydrogens (tertiary/aromatic N) is 4. The highest BCUT2D eigenvalue weighted by molar-refractivity contribution is 9.24. The van der Waals surface area contributed by atoms with Crippen LogP contribution in [0, 0.1) is 0 Å². The van der Waals surface area contributed by atoms with Crippen molar-refractivity contribution in [3.05, 3.63) is 43.0 Å². The normalized spacial score (nSPS) is 25.3. The Labute approximate surface area is 146 Å². The fourth-order valence-electron chi connectivity index (χ4n) is 2.28. The highest BCUT2D eigenvalue weighted by atomic mass is 79.9. The minimum Gasteiger partial charge on any atom is -0.394 e. The van der Waals surface area contributed by atoms with Crippen molar-refractivity contribution < 1.29 is 14.9 Å². The van der Waals surface area contributed by atoms with Gasteiger partial charge in [0.1, 0.15) is 12.3 Å². The van der Waals surface area contributed by atoms with E-state index in [9.17, 15) is 14.7 Å². The molecule has 12 heteroatoms. The molecule has 0 aromatic carbocycles. The zero-order valence-electron chi connectivity index (χ0n) is 11.5. The quantitative estimate of drug-likeness (QED) is 0.258. The van der Waals surface area contributed by atoms with E-state index in [2.05, 4.69) is 46.9 Å². The number of hydrogen-bond acceptors (Lipinski definition) is 6. The topological polar surface area (TPSA) is 153 Å². The molecule has 1 saturated heterocycles. The van der Waals surface area contributed by atoms with E-state index in [1.165, 1.54) is 6.20 Å². The summed E-state index contributed by atoms with van der Waals surface area (Å²) >= 11 is 6.35. The van der Waals surface area contributed by atoms with Crippen molar-refractivity contribution in [2.24, 2.45) is 5.11 Å². The van der Waals surface area contributed by atoms with Gasteiger partial charge in [-0.3, -0.25) is 14.3 Å². The van der Waals surface area contributed by atoms with Gasteiger partial charge in [-0.25, -0.2) is 4.79 Å². The summed E-state index contributed by atoms with van der Waals surface area (Å²) in [4.78, 5) is 28.8. The summed E-state index contributed by atoms with van der Waals surface area (Å²) in [5.41, 5.74) is 7.26. The van der Waals surface area contributed by atoms with Crippen LogP contribution in [0.3, 0.4) is 0 Å². The molecule has 0 unspecified atom stereocenters. The first-order valence-corrected chi connectivity index (χ1v) is 8.34. The largest absolute Gasteiger partial charge is 0.394 e. The average Bonchev–Trinajstić information content (AvgIpc) is 2.86. The van der Waals surface area contributed by atoms with E-state index >= 15 is 0 Å². The molecule has 1 aromatic rings. The number of aromatic amines is 1. The van der Waals surface area contributed by atoms with Gasteiger partial charge in [-0.2, -0.15) is 0 Å². The Kier molecular flexibility index (Phi) is 6.00. The molecule has 0 spiro atoms. The number of aromatic nitrogens is 2. The Balaban J connectivity index is 2.47. The number of azide groups is 1. The molecule has 2 rings (SSSR count). The average molecular weight is 455 g/mol. The van der Waals surface area contributed by atoms with Gasteiger partial charge >= 0.3 is 5.69 Å². The maximum atomic E-state index is 12.0. The smallest absolute Gasteiger partial charge is 0.330 e. The van der Waals surface area contributed by atoms with Gasteiger partial charge in [-0.05, 0) is 5.53 Å². The summed E-state index contributed by atoms with van der Waals surface area (Å²) < 4.78 is 5.96. The van der Waals surface area contributed by atoms with Gasteiger partial charge in [0.25, 0.3) is 5.56 Å². The van der Waals surface area contributed by atoms with Crippen molar-refractivity contribution in [2.45, 2.75) is 34.6 Å². The molecular formula is C11H13Br2N5O5. The van der Waals surface area contributed by atoms with Gasteiger partial charge in [0, 0.05) is 23.1 Å². The van der Waals surface area contributed by atoms with Crippen LogP contribution in [0.15, 0.2) is 20.9 Å². The summed E-state index contributed by atoms with van der Waals surface area (Å²) in [5.74, 6) is 0. The van der Waals surface area contributed by atoms with Gasteiger partial charge < -0.3 is 14.9 Å². The molecule has 0 saturated carbocycles. The number of rotatable bonds is 5. The van der Waals surface area contributed by atoms with Crippen molar-refractivity contribution in [1.82, 2.24) is 9.55 Å². The number of hydrogen-bond donors (Lipinski definition) is 3. The van der Waals surface area contributed by atoms with Crippen molar-refractivity contribution >= 4 is 31.9 Å². The van der Waals surface area contributed by atoms with Crippen LogP contribution < -0.4 is 11.2 Å². The van der Waals surface area contributed by atoms with Crippen molar-refractivity contribution in [1.29, 1.82) is 0 Å². The number of H-pyrrole nitrogens is 1. The van der Waals surface area contributed by atoms with Crippen LogP contribution in [-0.2, 0) is 4.74 Å². The maximum Gasteiger partial charge on any atom is 0.330 e. The second kappa shape index (κ2) is 7.60. The molecule has 0 aliphatic carbocycles. The molecular weight excluding hydrogens is 442 g/mol. The number of aliphatic hydroxyl groups is 2. The van der Waals surface area contributed by atoms with Crippen LogP contribution in [0.2, 0.25) is 0 Å². The molecule has 1 aromatic heterocycles. The number of aliphatic hydroxyl groups excluding tert-OH is 2. The SMILES string of the molecule is [N-]=[N+]=N[C@@H](c1cn([C@H]2C[C@H](O)[C@@H](CO)O2)c(=O)[nH]c1=O)C(Br)Br. The molecule has 2 heterocycles. The first-order chi connectivity index (χ1) is 10.9. The lowest BCUT2D eigenvalue weighted by molar-refractivity contribution is -0.0460. The van der Waals surface area contributed by atoms with Crippen LogP contribution >= 0.6 is 31.9 Å². The van der Waals surface area contributed by atoms with Gasteiger partial charge in [-0.1, -0.05) is 37.0 Å². The van der Waals surface area contributed by atoms with Crippen LogP contribution in [-0.4, -0.2) is 42.3 Å². The Hall–Kier alpha value is -1.17. The van der Waals surface area contributed by atoms with Gasteiger partial charge in [0.2, 0.25) is 0 Å². The molecule has 0 amide bonds. The molecule has 1 fully saturated rings. The Morgan fingerprint density at radius 1 is 1.57 bits per heavy atom. The van der Waals surface area contributed by atoms with Crippen LogP contribution in [0.4, 0.5) is 0 Å². The third kappa shape index (κ3) is 3.84. The summed E-state index contributed by atoms with van der Waals surface area (Å²) in [6.45, 7) is -0.394. The number of alkyl halides is 2. The second-order valence-electron chi connectivity index (χ2n) is 4.85. The maximum absolute atomic E-state index is 12.0. The van der Waals surface area contributed by atoms with E-state index in [-0.39, 0.29) is 12.0 Å². The monoisotopic (exact) mass is 453 g/mol. The summed E-state index contributed by atoms with van der Waals surface area (Å²) in [5, 5.41) is 22.4. The van der Waals surface area contributed by atoms with Gasteiger partial charge in [0.05, 0.1) is 22.5 Å². The summed E-state index contributed by atoms with van der Waals surface area (Å²) in [6, 6.07) is -0.907. The van der Waals surface area contributed by atoms with Gasteiger partial charge in [-0.15, -0.1) is 0 Å². The molecule has 1 aliphatic rings. The first-order valence-electron chi connectivity index (χ1n) is 6.51. The number of ether oxygens (including phenoxy) is 1. The predicted octanol–water partition coefficient (Wildman–Crippen LogP) is 0.645. The number of halogens is 2. The highest BCUT2D eigenvalue weighted by Crippen LogP contribution is 2.31. The lowest BCUT2D eigenvalue weighted by Crippen LogP contribution is -2.35. The fraction of sp³-hybridized carbons (Fsp3) is 0.636. The van der Waals surface area contributed by atoms with E-state index in [4.69, 9.17) is 15.4 Å². The molecule has 1 aliphatic heterocycles. The zero-order valence-corrected chi connectivity index (χ0v) is 14.7. The lowest BCUT2D eigenvalue weighted by Gasteiger charge is -2.17. The standard InChI is InChI=1S/C11H13Br2N5O5/c12-9(13)8(16-17-14)4-2-18(11(22)15-10(4)21)7-1-5(20)6(3-19)23-7/h2,5-9,19-20H,1,3H2,(H,15,21,22)/t5-,6+,7+,8-/m0/s1. The minimum atomic E-state index is -0.930. The van der Waals surface area contributed by atoms with Crippen molar-refractivity contribution in [3.63, 3.8) is 0 Å². The predicted molar refractivity (Wildman–Crippen MR) is 86.5 cm³/mol.